The zero-order chi connectivity index (χ0) is 13.9. The van der Waals surface area contributed by atoms with Crippen molar-refractivity contribution in [2.75, 3.05) is 17.5 Å². The number of halogens is 2. The van der Waals surface area contributed by atoms with Crippen molar-refractivity contribution in [2.24, 2.45) is 0 Å². The highest BCUT2D eigenvalue weighted by Gasteiger charge is 2.21. The molecule has 0 aliphatic rings. The molecule has 1 aromatic carbocycles. The first-order valence-corrected chi connectivity index (χ1v) is 6.89. The van der Waals surface area contributed by atoms with Crippen LogP contribution >= 0.6 is 0 Å². The maximum Gasteiger partial charge on any atom is 0.257 e. The minimum absolute atomic E-state index is 0.196. The van der Waals surface area contributed by atoms with Crippen LogP contribution in [0, 0.1) is 11.6 Å². The minimum atomic E-state index is -3.71. The first kappa shape index (κ1) is 14.4. The molecule has 100 valence electrons. The Morgan fingerprint density at radius 3 is 2.44 bits per heavy atom. The van der Waals surface area contributed by atoms with Crippen molar-refractivity contribution in [3.05, 3.63) is 29.3 Å². The van der Waals surface area contributed by atoms with Gasteiger partial charge in [0.05, 0.1) is 11.9 Å². The lowest BCUT2D eigenvalue weighted by atomic mass is 10.1. The lowest BCUT2D eigenvalue weighted by Crippen LogP contribution is -2.25. The Balaban J connectivity index is 3.27. The van der Waals surface area contributed by atoms with Crippen molar-refractivity contribution < 1.29 is 22.0 Å². The molecule has 2 N–H and O–H groups in total. The van der Waals surface area contributed by atoms with E-state index in [1.165, 1.54) is 0 Å². The summed E-state index contributed by atoms with van der Waals surface area (Å²) >= 11 is 0. The number of carbonyl (C=O) groups is 1. The van der Waals surface area contributed by atoms with Crippen molar-refractivity contribution >= 4 is 21.6 Å². The van der Waals surface area contributed by atoms with Gasteiger partial charge in [0.2, 0.25) is 10.0 Å². The van der Waals surface area contributed by atoms with Crippen molar-refractivity contribution in [2.45, 2.75) is 6.92 Å². The second kappa shape index (κ2) is 5.30. The van der Waals surface area contributed by atoms with Gasteiger partial charge in [0.15, 0.2) is 5.82 Å². The van der Waals surface area contributed by atoms with Gasteiger partial charge in [0.1, 0.15) is 11.4 Å². The molecule has 1 amide bonds. The molecule has 0 atom stereocenters. The third kappa shape index (κ3) is 3.39. The fraction of sp³-hybridized carbons (Fsp3) is 0.300. The average Bonchev–Trinajstić information content (AvgIpc) is 2.21. The van der Waals surface area contributed by atoms with Crippen LogP contribution in [0.4, 0.5) is 14.5 Å². The fourth-order valence-electron chi connectivity index (χ4n) is 1.29. The van der Waals surface area contributed by atoms with E-state index >= 15 is 0 Å². The zero-order valence-corrected chi connectivity index (χ0v) is 10.6. The van der Waals surface area contributed by atoms with Gasteiger partial charge in [-0.05, 0) is 19.1 Å². The van der Waals surface area contributed by atoms with Crippen LogP contribution < -0.4 is 10.0 Å². The molecule has 1 rings (SSSR count). The van der Waals surface area contributed by atoms with Crippen LogP contribution in [-0.4, -0.2) is 27.1 Å². The minimum Gasteiger partial charge on any atom is -0.352 e. The molecular weight excluding hydrogens is 266 g/mol. The molecule has 0 saturated carbocycles. The van der Waals surface area contributed by atoms with Crippen molar-refractivity contribution in [3.8, 4) is 0 Å². The van der Waals surface area contributed by atoms with Gasteiger partial charge < -0.3 is 5.32 Å². The van der Waals surface area contributed by atoms with Gasteiger partial charge in [-0.15, -0.1) is 0 Å². The average molecular weight is 278 g/mol. The number of sulfonamides is 1. The third-order valence-corrected chi connectivity index (χ3v) is 2.54. The molecule has 0 radical (unpaired) electrons. The molecule has 0 heterocycles. The van der Waals surface area contributed by atoms with Gasteiger partial charge in [-0.1, -0.05) is 0 Å². The summed E-state index contributed by atoms with van der Waals surface area (Å²) in [5.41, 5.74) is -1.29. The Hall–Kier alpha value is -1.70. The Morgan fingerprint density at radius 1 is 1.33 bits per heavy atom. The van der Waals surface area contributed by atoms with Gasteiger partial charge in [-0.2, -0.15) is 0 Å². The van der Waals surface area contributed by atoms with Gasteiger partial charge >= 0.3 is 0 Å². The smallest absolute Gasteiger partial charge is 0.257 e. The number of rotatable bonds is 4. The fourth-order valence-corrected chi connectivity index (χ4v) is 1.85. The predicted octanol–water partition coefficient (Wildman–Crippen LogP) is 1.09. The van der Waals surface area contributed by atoms with E-state index < -0.39 is 38.8 Å². The molecule has 0 aliphatic heterocycles. The monoisotopic (exact) mass is 278 g/mol. The second-order valence-corrected chi connectivity index (χ2v) is 5.27. The number of carbonyl (C=O) groups excluding carboxylic acids is 1. The van der Waals surface area contributed by atoms with E-state index in [9.17, 15) is 22.0 Å². The Bertz CT molecular complexity index is 573. The molecule has 0 bridgehead atoms. The number of hydrogen-bond donors (Lipinski definition) is 2. The van der Waals surface area contributed by atoms with Gasteiger partial charge in [-0.3, -0.25) is 9.52 Å². The standard InChI is InChI=1S/C10H12F2N2O3S/c1-3-13-10(15)8-6(11)4-5-7(9(8)12)14-18(2,16)17/h4-5,14H,3H2,1-2H3,(H,13,15). The Kier molecular flexibility index (Phi) is 4.23. The van der Waals surface area contributed by atoms with Crippen LogP contribution in [0.15, 0.2) is 12.1 Å². The highest BCUT2D eigenvalue weighted by Crippen LogP contribution is 2.21. The number of amides is 1. The summed E-state index contributed by atoms with van der Waals surface area (Å²) in [6, 6.07) is 1.73. The molecule has 18 heavy (non-hydrogen) atoms. The SMILES string of the molecule is CCNC(=O)c1c(F)ccc(NS(C)(=O)=O)c1F. The molecule has 0 aromatic heterocycles. The van der Waals surface area contributed by atoms with E-state index in [0.29, 0.717) is 0 Å². The number of anilines is 1. The van der Waals surface area contributed by atoms with Crippen molar-refractivity contribution in [1.82, 2.24) is 5.32 Å². The first-order chi connectivity index (χ1) is 8.26. The predicted molar refractivity (Wildman–Crippen MR) is 62.8 cm³/mol. The molecule has 0 fully saturated rings. The maximum absolute atomic E-state index is 13.8. The van der Waals surface area contributed by atoms with Gasteiger partial charge in [-0.25, -0.2) is 17.2 Å². The zero-order valence-electron chi connectivity index (χ0n) is 9.75. The van der Waals surface area contributed by atoms with E-state index in [0.717, 1.165) is 18.4 Å². The number of hydrogen-bond acceptors (Lipinski definition) is 3. The topological polar surface area (TPSA) is 75.3 Å². The molecule has 1 aromatic rings. The summed E-state index contributed by atoms with van der Waals surface area (Å²) in [6.07, 6.45) is 0.821. The Morgan fingerprint density at radius 2 is 1.94 bits per heavy atom. The maximum atomic E-state index is 13.8. The summed E-state index contributed by atoms with van der Waals surface area (Å²) in [5.74, 6) is -3.24. The molecule has 0 unspecified atom stereocenters. The second-order valence-electron chi connectivity index (χ2n) is 3.52. The summed E-state index contributed by atoms with van der Waals surface area (Å²) in [5, 5.41) is 2.24. The van der Waals surface area contributed by atoms with E-state index in [1.54, 1.807) is 6.92 Å². The normalized spacial score (nSPS) is 11.1. The van der Waals surface area contributed by atoms with Crippen LogP contribution in [0.3, 0.4) is 0 Å². The van der Waals surface area contributed by atoms with Crippen LogP contribution in [0.5, 0.6) is 0 Å². The molecule has 0 aliphatic carbocycles. The quantitative estimate of drug-likeness (QED) is 0.865. The van der Waals surface area contributed by atoms with Crippen LogP contribution in [-0.2, 0) is 10.0 Å². The van der Waals surface area contributed by atoms with E-state index in [1.807, 2.05) is 4.72 Å². The molecular formula is C10H12F2N2O3S. The summed E-state index contributed by atoms with van der Waals surface area (Å²) < 4.78 is 51.0. The van der Waals surface area contributed by atoms with E-state index in [4.69, 9.17) is 0 Å². The number of nitrogens with one attached hydrogen (secondary N) is 2. The van der Waals surface area contributed by atoms with E-state index in [2.05, 4.69) is 5.32 Å². The van der Waals surface area contributed by atoms with E-state index in [-0.39, 0.29) is 6.54 Å². The van der Waals surface area contributed by atoms with Crippen LogP contribution in [0.25, 0.3) is 0 Å². The first-order valence-electron chi connectivity index (χ1n) is 5.00. The molecule has 5 nitrogen and oxygen atoms in total. The highest BCUT2D eigenvalue weighted by atomic mass is 32.2. The highest BCUT2D eigenvalue weighted by molar-refractivity contribution is 7.92. The molecule has 0 saturated heterocycles. The lowest BCUT2D eigenvalue weighted by molar-refractivity contribution is 0.0947. The van der Waals surface area contributed by atoms with Crippen LogP contribution in [0.2, 0.25) is 0 Å². The van der Waals surface area contributed by atoms with Gasteiger partial charge in [0, 0.05) is 6.54 Å². The summed E-state index contributed by atoms with van der Waals surface area (Å²) in [7, 11) is -3.71. The Labute approximate surface area is 103 Å². The lowest BCUT2D eigenvalue weighted by Gasteiger charge is -2.10. The van der Waals surface area contributed by atoms with Gasteiger partial charge in [0.25, 0.3) is 5.91 Å². The van der Waals surface area contributed by atoms with Crippen LogP contribution in [0.1, 0.15) is 17.3 Å². The largest absolute Gasteiger partial charge is 0.352 e. The third-order valence-electron chi connectivity index (χ3n) is 1.95. The van der Waals surface area contributed by atoms with Crippen molar-refractivity contribution in [1.29, 1.82) is 0 Å². The summed E-state index contributed by atoms with van der Waals surface area (Å²) in [4.78, 5) is 11.4. The molecule has 8 heteroatoms. The van der Waals surface area contributed by atoms with Crippen molar-refractivity contribution in [3.63, 3.8) is 0 Å². The summed E-state index contributed by atoms with van der Waals surface area (Å²) in [6.45, 7) is 1.79. The molecule has 0 spiro atoms. The number of benzene rings is 1.